The molecule has 45 heavy (non-hydrogen) atoms. The number of benzene rings is 3. The predicted molar refractivity (Wildman–Crippen MR) is 169 cm³/mol. The largest absolute Gasteiger partial charge is 0.349 e. The Hall–Kier alpha value is -5.42. The molecule has 2 fully saturated rings. The van der Waals surface area contributed by atoms with Crippen LogP contribution in [0.5, 0.6) is 0 Å². The molecule has 3 aromatic carbocycles. The number of imidazole rings is 1. The normalized spacial score (nSPS) is 20.9. The first-order valence-electron chi connectivity index (χ1n) is 14.9. The number of amides is 2. The van der Waals surface area contributed by atoms with Crippen molar-refractivity contribution in [2.45, 2.75) is 24.7 Å². The van der Waals surface area contributed by atoms with Crippen LogP contribution in [0.25, 0.3) is 16.9 Å². The van der Waals surface area contributed by atoms with Crippen molar-refractivity contribution in [1.82, 2.24) is 24.8 Å². The van der Waals surface area contributed by atoms with E-state index in [0.29, 0.717) is 40.3 Å². The molecule has 2 saturated heterocycles. The van der Waals surface area contributed by atoms with Crippen molar-refractivity contribution in [2.24, 2.45) is 4.99 Å². The summed E-state index contributed by atoms with van der Waals surface area (Å²) in [5.74, 6) is -1.09. The Bertz CT molecular complexity index is 1990. The van der Waals surface area contributed by atoms with E-state index in [4.69, 9.17) is 15.1 Å². The van der Waals surface area contributed by atoms with E-state index < -0.39 is 23.8 Å². The van der Waals surface area contributed by atoms with Crippen LogP contribution in [0.1, 0.15) is 28.0 Å². The van der Waals surface area contributed by atoms with Crippen LogP contribution >= 0.6 is 0 Å². The van der Waals surface area contributed by atoms with Crippen LogP contribution in [0, 0.1) is 5.82 Å². The van der Waals surface area contributed by atoms with E-state index in [1.54, 1.807) is 16.6 Å². The number of anilines is 2. The van der Waals surface area contributed by atoms with Gasteiger partial charge in [0.05, 0.1) is 11.4 Å². The summed E-state index contributed by atoms with van der Waals surface area (Å²) in [4.78, 5) is 41.9. The van der Waals surface area contributed by atoms with Gasteiger partial charge in [0.25, 0.3) is 11.8 Å². The van der Waals surface area contributed by atoms with Crippen molar-refractivity contribution in [1.29, 1.82) is 0 Å². The molecule has 0 unspecified atom stereocenters. The van der Waals surface area contributed by atoms with Crippen molar-refractivity contribution < 1.29 is 14.0 Å². The molecule has 3 atom stereocenters. The van der Waals surface area contributed by atoms with Crippen molar-refractivity contribution in [2.75, 3.05) is 30.4 Å². The number of piperazine rings is 1. The van der Waals surface area contributed by atoms with E-state index in [9.17, 15) is 9.59 Å². The van der Waals surface area contributed by atoms with E-state index in [0.717, 1.165) is 30.9 Å². The molecule has 2 amide bonds. The van der Waals surface area contributed by atoms with Gasteiger partial charge < -0.3 is 15.5 Å². The standard InChI is InChI=1S/C34H29FN8O2/c1-41-18-23-17-22(41)19-42(23)27-16-15-26-36-29(21-11-6-3-7-12-21)31(43(26)40-27)33(44)39-32-34(45)38-30-24(13-8-14-25(30)35)28(37-32)20-9-4-2-5-10-20/h2-16,22-23,32H,17-19H2,1H3,(H,38,45)(H,39,44)/t22-,23-,32+/m0/s1. The summed E-state index contributed by atoms with van der Waals surface area (Å²) in [5, 5.41) is 10.4. The lowest BCUT2D eigenvalue weighted by Gasteiger charge is -2.32. The van der Waals surface area contributed by atoms with Gasteiger partial charge in [-0.15, -0.1) is 5.10 Å². The number of carbonyl (C=O) groups excluding carboxylic acids is 2. The third-order valence-corrected chi connectivity index (χ3v) is 8.87. The number of aromatic nitrogens is 3. The van der Waals surface area contributed by atoms with Crippen LogP contribution < -0.4 is 15.5 Å². The van der Waals surface area contributed by atoms with Crippen LogP contribution in [0.15, 0.2) is 96.0 Å². The molecule has 10 nitrogen and oxygen atoms in total. The zero-order chi connectivity index (χ0) is 30.7. The number of hydrogen-bond donors (Lipinski definition) is 2. The third-order valence-electron chi connectivity index (χ3n) is 8.87. The molecule has 2 bridgehead atoms. The topological polar surface area (TPSA) is 107 Å². The number of para-hydroxylation sites is 1. The Morgan fingerprint density at radius 1 is 0.911 bits per heavy atom. The van der Waals surface area contributed by atoms with Crippen LogP contribution in [-0.4, -0.2) is 75.4 Å². The zero-order valence-corrected chi connectivity index (χ0v) is 24.4. The van der Waals surface area contributed by atoms with Gasteiger partial charge >= 0.3 is 0 Å². The lowest BCUT2D eigenvalue weighted by Crippen LogP contribution is -2.45. The third kappa shape index (κ3) is 4.63. The van der Waals surface area contributed by atoms with Crippen molar-refractivity contribution in [3.63, 3.8) is 0 Å². The SMILES string of the molecule is CN1C[C@@H]2C[C@H]1CN2c1ccc2nc(-c3ccccc3)c(C(=O)N[C@H]3N=C(c4ccccc4)c4cccc(F)c4NC3=O)n2n1. The average Bonchev–Trinajstić information content (AvgIpc) is 3.74. The maximum absolute atomic E-state index is 15.0. The van der Waals surface area contributed by atoms with E-state index in [1.807, 2.05) is 72.8 Å². The van der Waals surface area contributed by atoms with Gasteiger partial charge in [-0.3, -0.25) is 14.5 Å². The minimum atomic E-state index is -1.36. The van der Waals surface area contributed by atoms with Crippen LogP contribution in [0.4, 0.5) is 15.9 Å². The number of fused-ring (bicyclic) bond motifs is 4. The fraction of sp³-hybridized carbons (Fsp3) is 0.206. The Kier molecular flexibility index (Phi) is 6.42. The molecule has 5 aromatic rings. The highest BCUT2D eigenvalue weighted by Crippen LogP contribution is 2.34. The van der Waals surface area contributed by atoms with E-state index in [-0.39, 0.29) is 11.4 Å². The first kappa shape index (κ1) is 27.2. The van der Waals surface area contributed by atoms with E-state index in [1.165, 1.54) is 6.07 Å². The molecule has 224 valence electrons. The number of likely N-dealkylation sites (N-methyl/N-ethyl adjacent to an activating group) is 1. The summed E-state index contributed by atoms with van der Waals surface area (Å²) in [6.07, 6.45) is -0.286. The molecule has 2 aromatic heterocycles. The molecule has 11 heteroatoms. The molecular weight excluding hydrogens is 571 g/mol. The molecule has 8 rings (SSSR count). The number of rotatable bonds is 5. The minimum absolute atomic E-state index is 0.0125. The number of nitrogens with one attached hydrogen (secondary N) is 2. The van der Waals surface area contributed by atoms with Crippen molar-refractivity contribution >= 4 is 34.7 Å². The monoisotopic (exact) mass is 600 g/mol. The number of hydrogen-bond acceptors (Lipinski definition) is 7. The van der Waals surface area contributed by atoms with Gasteiger partial charge in [-0.1, -0.05) is 72.8 Å². The van der Waals surface area contributed by atoms with Crippen LogP contribution in [0.3, 0.4) is 0 Å². The van der Waals surface area contributed by atoms with Gasteiger partial charge in [-0.05, 0) is 31.7 Å². The zero-order valence-electron chi connectivity index (χ0n) is 24.4. The molecule has 0 spiro atoms. The van der Waals surface area contributed by atoms with Gasteiger partial charge in [0, 0.05) is 41.9 Å². The second-order valence-corrected chi connectivity index (χ2v) is 11.6. The number of benzodiazepines with no additional fused rings is 1. The highest BCUT2D eigenvalue weighted by Gasteiger charge is 2.42. The second-order valence-electron chi connectivity index (χ2n) is 11.6. The molecule has 0 aliphatic carbocycles. The lowest BCUT2D eigenvalue weighted by molar-refractivity contribution is -0.117. The fourth-order valence-corrected chi connectivity index (χ4v) is 6.64. The summed E-state index contributed by atoms with van der Waals surface area (Å²) in [7, 11) is 2.14. The number of carbonyl (C=O) groups is 2. The summed E-state index contributed by atoms with van der Waals surface area (Å²) in [6.45, 7) is 1.82. The summed E-state index contributed by atoms with van der Waals surface area (Å²) < 4.78 is 16.6. The number of likely N-dealkylation sites (tertiary alicyclic amines) is 1. The average molecular weight is 601 g/mol. The maximum atomic E-state index is 15.0. The molecular formula is C34H29FN8O2. The fourth-order valence-electron chi connectivity index (χ4n) is 6.64. The number of nitrogens with zero attached hydrogens (tertiary/aromatic N) is 6. The van der Waals surface area contributed by atoms with E-state index in [2.05, 4.69) is 27.5 Å². The van der Waals surface area contributed by atoms with Gasteiger partial charge in [0.15, 0.2) is 11.3 Å². The molecule has 0 radical (unpaired) electrons. The molecule has 3 aliphatic heterocycles. The quantitative estimate of drug-likeness (QED) is 0.316. The number of aliphatic imine (C=N–C) groups is 1. The second kappa shape index (κ2) is 10.6. The maximum Gasteiger partial charge on any atom is 0.274 e. The smallest absolute Gasteiger partial charge is 0.274 e. The number of halogens is 1. The van der Waals surface area contributed by atoms with Gasteiger partial charge in [-0.25, -0.2) is 18.9 Å². The van der Waals surface area contributed by atoms with Gasteiger partial charge in [-0.2, -0.15) is 0 Å². The first-order chi connectivity index (χ1) is 21.9. The Morgan fingerprint density at radius 2 is 1.67 bits per heavy atom. The Morgan fingerprint density at radius 3 is 2.38 bits per heavy atom. The Balaban J connectivity index is 1.22. The summed E-state index contributed by atoms with van der Waals surface area (Å²) >= 11 is 0. The molecule has 2 N–H and O–H groups in total. The highest BCUT2D eigenvalue weighted by molar-refractivity contribution is 6.20. The Labute approximate surface area is 258 Å². The molecule has 0 saturated carbocycles. The highest BCUT2D eigenvalue weighted by atomic mass is 19.1. The molecule has 5 heterocycles. The van der Waals surface area contributed by atoms with Gasteiger partial charge in [0.2, 0.25) is 6.17 Å². The summed E-state index contributed by atoms with van der Waals surface area (Å²) in [6, 6.07) is 27.7. The lowest BCUT2D eigenvalue weighted by atomic mass is 10.0. The first-order valence-corrected chi connectivity index (χ1v) is 14.9. The van der Waals surface area contributed by atoms with Crippen molar-refractivity contribution in [3.8, 4) is 11.3 Å². The van der Waals surface area contributed by atoms with Crippen molar-refractivity contribution in [3.05, 3.63) is 114 Å². The summed E-state index contributed by atoms with van der Waals surface area (Å²) in [5.41, 5.74) is 3.32. The van der Waals surface area contributed by atoms with E-state index >= 15 is 4.39 Å². The van der Waals surface area contributed by atoms with Crippen LogP contribution in [-0.2, 0) is 4.79 Å². The minimum Gasteiger partial charge on any atom is -0.349 e. The van der Waals surface area contributed by atoms with Crippen LogP contribution in [0.2, 0.25) is 0 Å². The predicted octanol–water partition coefficient (Wildman–Crippen LogP) is 3.97. The molecule has 3 aliphatic rings. The van der Waals surface area contributed by atoms with Gasteiger partial charge in [0.1, 0.15) is 17.3 Å².